The van der Waals surface area contributed by atoms with Gasteiger partial charge in [-0.2, -0.15) is 0 Å². The Labute approximate surface area is 107 Å². The zero-order chi connectivity index (χ0) is 13.3. The van der Waals surface area contributed by atoms with Crippen LogP contribution in [-0.4, -0.2) is 9.55 Å². The molecule has 0 aliphatic rings. The Morgan fingerprint density at radius 3 is 2.61 bits per heavy atom. The van der Waals surface area contributed by atoms with Crippen molar-refractivity contribution in [3.63, 3.8) is 0 Å². The van der Waals surface area contributed by atoms with Crippen molar-refractivity contribution >= 4 is 11.6 Å². The maximum Gasteiger partial charge on any atom is 0.207 e. The van der Waals surface area contributed by atoms with E-state index in [0.29, 0.717) is 11.6 Å². The van der Waals surface area contributed by atoms with E-state index in [1.165, 1.54) is 6.07 Å². The predicted octanol–water partition coefficient (Wildman–Crippen LogP) is 3.96. The van der Waals surface area contributed by atoms with Gasteiger partial charge in [0.15, 0.2) is 0 Å². The molecule has 0 fully saturated rings. The van der Waals surface area contributed by atoms with Crippen LogP contribution in [0.4, 0.5) is 16.0 Å². The van der Waals surface area contributed by atoms with Gasteiger partial charge in [-0.1, -0.05) is 0 Å². The zero-order valence-corrected chi connectivity index (χ0v) is 11.2. The fraction of sp³-hybridized carbons (Fsp3) is 0.357. The lowest BCUT2D eigenvalue weighted by Crippen LogP contribution is -2.05. The number of aromatic nitrogens is 2. The van der Waals surface area contributed by atoms with E-state index >= 15 is 0 Å². The monoisotopic (exact) mass is 247 g/mol. The molecule has 0 amide bonds. The highest BCUT2D eigenvalue weighted by Crippen LogP contribution is 2.21. The van der Waals surface area contributed by atoms with Crippen LogP contribution in [0.5, 0.6) is 0 Å². The van der Waals surface area contributed by atoms with Crippen LogP contribution in [0, 0.1) is 19.7 Å². The number of aryl methyl sites for hydroxylation is 2. The Bertz CT molecular complexity index is 558. The molecule has 0 aliphatic heterocycles. The van der Waals surface area contributed by atoms with Crippen molar-refractivity contribution in [2.24, 2.45) is 0 Å². The van der Waals surface area contributed by atoms with Gasteiger partial charge in [0.05, 0.1) is 5.69 Å². The molecule has 18 heavy (non-hydrogen) atoms. The molecule has 0 aliphatic carbocycles. The van der Waals surface area contributed by atoms with Gasteiger partial charge in [0, 0.05) is 17.9 Å². The lowest BCUT2D eigenvalue weighted by Gasteiger charge is -2.13. The van der Waals surface area contributed by atoms with Gasteiger partial charge in [0.25, 0.3) is 0 Å². The highest BCUT2D eigenvalue weighted by atomic mass is 19.1. The van der Waals surface area contributed by atoms with Gasteiger partial charge >= 0.3 is 0 Å². The molecule has 4 heteroatoms. The van der Waals surface area contributed by atoms with Crippen LogP contribution in [-0.2, 0) is 0 Å². The molecule has 1 aromatic heterocycles. The molecule has 1 heterocycles. The van der Waals surface area contributed by atoms with Crippen molar-refractivity contribution in [2.45, 2.75) is 33.7 Å². The van der Waals surface area contributed by atoms with Crippen LogP contribution in [0.1, 0.15) is 31.1 Å². The third kappa shape index (κ3) is 2.53. The van der Waals surface area contributed by atoms with E-state index in [0.717, 1.165) is 17.3 Å². The van der Waals surface area contributed by atoms with Gasteiger partial charge in [-0.25, -0.2) is 9.37 Å². The molecule has 2 rings (SSSR count). The van der Waals surface area contributed by atoms with Crippen LogP contribution >= 0.6 is 0 Å². The number of nitrogens with one attached hydrogen (secondary N) is 1. The minimum atomic E-state index is -0.191. The summed E-state index contributed by atoms with van der Waals surface area (Å²) in [6.07, 6.45) is 2.00. The fourth-order valence-electron chi connectivity index (χ4n) is 1.85. The second-order valence-corrected chi connectivity index (χ2v) is 4.80. The van der Waals surface area contributed by atoms with Gasteiger partial charge in [-0.05, 0) is 51.5 Å². The number of halogens is 1. The number of imidazole rings is 1. The Kier molecular flexibility index (Phi) is 3.36. The zero-order valence-electron chi connectivity index (χ0n) is 11.2. The predicted molar refractivity (Wildman–Crippen MR) is 71.8 cm³/mol. The molecule has 1 aromatic carbocycles. The molecule has 0 spiro atoms. The first-order chi connectivity index (χ1) is 8.47. The first-order valence-electron chi connectivity index (χ1n) is 6.06. The Morgan fingerprint density at radius 2 is 2.00 bits per heavy atom. The minimum absolute atomic E-state index is 0.191. The summed E-state index contributed by atoms with van der Waals surface area (Å²) in [5.41, 5.74) is 2.44. The van der Waals surface area contributed by atoms with Crippen LogP contribution in [0.2, 0.25) is 0 Å². The third-order valence-electron chi connectivity index (χ3n) is 2.82. The number of benzene rings is 1. The summed E-state index contributed by atoms with van der Waals surface area (Å²) in [5, 5.41) is 3.23. The molecule has 0 radical (unpaired) electrons. The Morgan fingerprint density at radius 1 is 1.28 bits per heavy atom. The first-order valence-corrected chi connectivity index (χ1v) is 6.06. The van der Waals surface area contributed by atoms with Gasteiger partial charge in [0.1, 0.15) is 5.82 Å². The van der Waals surface area contributed by atoms with Gasteiger partial charge < -0.3 is 9.88 Å². The van der Waals surface area contributed by atoms with Crippen LogP contribution in [0.3, 0.4) is 0 Å². The molecule has 0 bridgehead atoms. The SMILES string of the molecule is Cc1cn(C(C)C)c(Nc2ccc(F)c(C)c2)n1. The second kappa shape index (κ2) is 4.80. The Hall–Kier alpha value is -1.84. The summed E-state index contributed by atoms with van der Waals surface area (Å²) in [6.45, 7) is 7.91. The number of hydrogen-bond acceptors (Lipinski definition) is 2. The van der Waals surface area contributed by atoms with E-state index in [4.69, 9.17) is 0 Å². The van der Waals surface area contributed by atoms with Crippen molar-refractivity contribution in [3.05, 3.63) is 41.5 Å². The first kappa shape index (κ1) is 12.6. The summed E-state index contributed by atoms with van der Waals surface area (Å²) in [7, 11) is 0. The van der Waals surface area contributed by atoms with Crippen molar-refractivity contribution in [3.8, 4) is 0 Å². The molecule has 0 atom stereocenters. The largest absolute Gasteiger partial charge is 0.326 e. The highest BCUT2D eigenvalue weighted by molar-refractivity contribution is 5.55. The average molecular weight is 247 g/mol. The van der Waals surface area contributed by atoms with Gasteiger partial charge in [-0.15, -0.1) is 0 Å². The molecule has 1 N–H and O–H groups in total. The van der Waals surface area contributed by atoms with E-state index in [9.17, 15) is 4.39 Å². The standard InChI is InChI=1S/C14H18FN3/c1-9(2)18-8-11(4)16-14(18)17-12-5-6-13(15)10(3)7-12/h5-9H,1-4H3,(H,16,17). The number of hydrogen-bond donors (Lipinski definition) is 1. The van der Waals surface area contributed by atoms with Gasteiger partial charge in [0.2, 0.25) is 5.95 Å². The minimum Gasteiger partial charge on any atom is -0.326 e. The van der Waals surface area contributed by atoms with E-state index in [1.54, 1.807) is 19.1 Å². The summed E-state index contributed by atoms with van der Waals surface area (Å²) >= 11 is 0. The summed E-state index contributed by atoms with van der Waals surface area (Å²) in [5.74, 6) is 0.595. The van der Waals surface area contributed by atoms with Crippen LogP contribution < -0.4 is 5.32 Å². The molecular weight excluding hydrogens is 229 g/mol. The average Bonchev–Trinajstić information content (AvgIpc) is 2.65. The number of nitrogens with zero attached hydrogens (tertiary/aromatic N) is 2. The molecule has 0 unspecified atom stereocenters. The highest BCUT2D eigenvalue weighted by Gasteiger charge is 2.09. The molecule has 3 nitrogen and oxygen atoms in total. The molecule has 96 valence electrons. The molecular formula is C14H18FN3. The molecule has 2 aromatic rings. The summed E-state index contributed by atoms with van der Waals surface area (Å²) in [6, 6.07) is 5.30. The van der Waals surface area contributed by atoms with Crippen molar-refractivity contribution in [2.75, 3.05) is 5.32 Å². The van der Waals surface area contributed by atoms with Crippen molar-refractivity contribution < 1.29 is 4.39 Å². The smallest absolute Gasteiger partial charge is 0.207 e. The van der Waals surface area contributed by atoms with E-state index in [-0.39, 0.29) is 5.82 Å². The summed E-state index contributed by atoms with van der Waals surface area (Å²) < 4.78 is 15.3. The second-order valence-electron chi connectivity index (χ2n) is 4.80. The van der Waals surface area contributed by atoms with Crippen molar-refractivity contribution in [1.82, 2.24) is 9.55 Å². The van der Waals surface area contributed by atoms with E-state index in [1.807, 2.05) is 13.1 Å². The van der Waals surface area contributed by atoms with E-state index in [2.05, 4.69) is 28.7 Å². The summed E-state index contributed by atoms with van der Waals surface area (Å²) in [4.78, 5) is 4.44. The number of anilines is 2. The topological polar surface area (TPSA) is 29.9 Å². The van der Waals surface area contributed by atoms with Gasteiger partial charge in [-0.3, -0.25) is 0 Å². The van der Waals surface area contributed by atoms with Crippen LogP contribution in [0.25, 0.3) is 0 Å². The normalized spacial score (nSPS) is 11.0. The maximum absolute atomic E-state index is 13.2. The fourth-order valence-corrected chi connectivity index (χ4v) is 1.85. The van der Waals surface area contributed by atoms with E-state index < -0.39 is 0 Å². The lowest BCUT2D eigenvalue weighted by molar-refractivity contribution is 0.607. The quantitative estimate of drug-likeness (QED) is 0.889. The lowest BCUT2D eigenvalue weighted by atomic mass is 10.2. The van der Waals surface area contributed by atoms with Crippen molar-refractivity contribution in [1.29, 1.82) is 0 Å². The van der Waals surface area contributed by atoms with Crippen LogP contribution in [0.15, 0.2) is 24.4 Å². The maximum atomic E-state index is 13.2. The number of rotatable bonds is 3. The third-order valence-corrected chi connectivity index (χ3v) is 2.82. The molecule has 0 saturated carbocycles. The Balaban J connectivity index is 2.30. The molecule has 0 saturated heterocycles.